The monoisotopic (exact) mass is 1120 g/mol. The third-order valence-corrected chi connectivity index (χ3v) is 23.9. The van der Waals surface area contributed by atoms with Crippen LogP contribution < -0.4 is 5.69 Å². The summed E-state index contributed by atoms with van der Waals surface area (Å²) in [6.45, 7) is 20.9. The lowest BCUT2D eigenvalue weighted by atomic mass is 9.97. The molecule has 8 rings (SSSR count). The summed E-state index contributed by atoms with van der Waals surface area (Å²) in [4.78, 5) is 79.2. The van der Waals surface area contributed by atoms with Gasteiger partial charge in [0.05, 0.1) is 41.6 Å². The number of ether oxygens (including phenoxy) is 7. The molecule has 0 saturated carbocycles. The summed E-state index contributed by atoms with van der Waals surface area (Å²) in [6, 6.07) is 32.4. The van der Waals surface area contributed by atoms with E-state index in [4.69, 9.17) is 42.0 Å². The highest BCUT2D eigenvalue weighted by Gasteiger charge is 2.54. The predicted octanol–water partition coefficient (Wildman–Crippen LogP) is 9.30. The SMILES string of the molecule is CC(C)(C)[Si](C)(C)OC[C@H]1O[C@@H](n2cc(CO[C@@H]3O[C@H](COC(=O)c4ccccc4)[C@@H](OC(=O)c4ccccc4)[C@H](OC(=O)c4ccccc4)[C@H]3OC(=O)c3ccccc3)c(-n3cncn3)nc2=O)C[C@@H]1O[Si](C)(C)C(C)(C)C. The van der Waals surface area contributed by atoms with Gasteiger partial charge in [0, 0.05) is 18.2 Å². The van der Waals surface area contributed by atoms with E-state index in [1.807, 2.05) is 0 Å². The van der Waals surface area contributed by atoms with Crippen molar-refractivity contribution in [3.05, 3.63) is 178 Å². The number of carbonyl (C=O) groups excluding carboxylic acids is 4. The summed E-state index contributed by atoms with van der Waals surface area (Å²) in [5, 5.41) is 4.07. The van der Waals surface area contributed by atoms with Crippen molar-refractivity contribution in [3.63, 3.8) is 0 Å². The summed E-state index contributed by atoms with van der Waals surface area (Å²) in [5.74, 6) is -3.31. The molecule has 2 aliphatic rings. The van der Waals surface area contributed by atoms with Crippen molar-refractivity contribution in [3.8, 4) is 5.82 Å². The summed E-state index contributed by atoms with van der Waals surface area (Å²) in [6.07, 6.45) is -5.51. The lowest BCUT2D eigenvalue weighted by Gasteiger charge is -2.44. The zero-order valence-corrected chi connectivity index (χ0v) is 48.2. The highest BCUT2D eigenvalue weighted by atomic mass is 28.4. The fourth-order valence-electron chi connectivity index (χ4n) is 8.37. The van der Waals surface area contributed by atoms with Gasteiger partial charge in [-0.2, -0.15) is 10.1 Å². The van der Waals surface area contributed by atoms with Gasteiger partial charge in [-0.25, -0.2) is 33.6 Å². The van der Waals surface area contributed by atoms with Crippen molar-refractivity contribution in [1.82, 2.24) is 24.3 Å². The van der Waals surface area contributed by atoms with Gasteiger partial charge in [0.2, 0.25) is 0 Å². The molecule has 21 heteroatoms. The van der Waals surface area contributed by atoms with Crippen LogP contribution in [-0.2, 0) is 48.6 Å². The first-order chi connectivity index (χ1) is 37.5. The average molecular weight is 1120 g/mol. The van der Waals surface area contributed by atoms with E-state index in [-0.39, 0.29) is 56.7 Å². The second-order valence-electron chi connectivity index (χ2n) is 22.5. The fraction of sp³-hybridized carbons (Fsp3) is 0.414. The lowest BCUT2D eigenvalue weighted by molar-refractivity contribution is -0.301. The number of carbonyl (C=O) groups is 4. The van der Waals surface area contributed by atoms with Crippen molar-refractivity contribution in [2.75, 3.05) is 13.2 Å². The molecule has 79 heavy (non-hydrogen) atoms. The Bertz CT molecular complexity index is 3080. The highest BCUT2D eigenvalue weighted by molar-refractivity contribution is 6.74. The third-order valence-electron chi connectivity index (χ3n) is 14.9. The molecule has 2 saturated heterocycles. The molecule has 2 aliphatic heterocycles. The van der Waals surface area contributed by atoms with Gasteiger partial charge in [-0.15, -0.1) is 0 Å². The van der Waals surface area contributed by atoms with Crippen LogP contribution in [0.25, 0.3) is 5.82 Å². The topological polar surface area (TPSA) is 217 Å². The fourth-order valence-corrected chi connectivity index (χ4v) is 10.7. The first kappa shape index (κ1) is 58.2. The van der Waals surface area contributed by atoms with Crippen LogP contribution in [0, 0.1) is 0 Å². The lowest BCUT2D eigenvalue weighted by Crippen LogP contribution is -2.63. The molecule has 0 radical (unpaired) electrons. The molecular formula is C58H69N5O14Si2. The minimum Gasteiger partial charge on any atom is -0.459 e. The largest absolute Gasteiger partial charge is 0.459 e. The number of nitrogens with zero attached hydrogens (tertiary/aromatic N) is 5. The first-order valence-electron chi connectivity index (χ1n) is 26.2. The molecule has 0 amide bonds. The van der Waals surface area contributed by atoms with E-state index >= 15 is 0 Å². The van der Waals surface area contributed by atoms with Gasteiger partial charge in [0.25, 0.3) is 0 Å². The Morgan fingerprint density at radius 3 is 1.61 bits per heavy atom. The van der Waals surface area contributed by atoms with Crippen LogP contribution in [0.3, 0.4) is 0 Å². The van der Waals surface area contributed by atoms with Crippen molar-refractivity contribution in [2.24, 2.45) is 0 Å². The van der Waals surface area contributed by atoms with Crippen molar-refractivity contribution in [2.45, 2.75) is 140 Å². The zero-order valence-electron chi connectivity index (χ0n) is 46.2. The number of rotatable bonds is 19. The summed E-state index contributed by atoms with van der Waals surface area (Å²) < 4.78 is 61.1. The number of benzene rings is 4. The van der Waals surface area contributed by atoms with Crippen LogP contribution in [-0.4, -0.2) is 121 Å². The molecule has 418 valence electrons. The van der Waals surface area contributed by atoms with E-state index in [1.165, 1.54) is 58.3 Å². The number of esters is 4. The molecule has 0 bridgehead atoms. The van der Waals surface area contributed by atoms with Crippen LogP contribution in [0.4, 0.5) is 0 Å². The van der Waals surface area contributed by atoms with Crippen molar-refractivity contribution < 1.29 is 61.2 Å². The molecule has 6 aromatic rings. The normalized spacial score (nSPS) is 21.7. The Hall–Kier alpha value is -6.99. The second-order valence-corrected chi connectivity index (χ2v) is 32.1. The van der Waals surface area contributed by atoms with Gasteiger partial charge in [-0.1, -0.05) is 114 Å². The summed E-state index contributed by atoms with van der Waals surface area (Å²) in [5.41, 5.74) is 0.176. The maximum atomic E-state index is 14.4. The van der Waals surface area contributed by atoms with Crippen LogP contribution in [0.5, 0.6) is 0 Å². The number of aromatic nitrogens is 5. The molecule has 19 nitrogen and oxygen atoms in total. The number of hydrogen-bond acceptors (Lipinski definition) is 17. The quantitative estimate of drug-likeness (QED) is 0.0419. The van der Waals surface area contributed by atoms with Crippen LogP contribution >= 0.6 is 0 Å². The summed E-state index contributed by atoms with van der Waals surface area (Å²) >= 11 is 0. The average Bonchev–Trinajstić information content (AvgIpc) is 4.14. The molecule has 4 aromatic carbocycles. The Kier molecular flexibility index (Phi) is 18.1. The van der Waals surface area contributed by atoms with Crippen molar-refractivity contribution in [1.29, 1.82) is 0 Å². The molecule has 4 heterocycles. The maximum absolute atomic E-state index is 14.4. The maximum Gasteiger partial charge on any atom is 0.351 e. The van der Waals surface area contributed by atoms with Gasteiger partial charge in [-0.3, -0.25) is 4.57 Å². The number of hydrogen-bond donors (Lipinski definition) is 0. The Labute approximate surface area is 461 Å². The molecule has 2 aromatic heterocycles. The van der Waals surface area contributed by atoms with Crippen LogP contribution in [0.2, 0.25) is 36.3 Å². The van der Waals surface area contributed by atoms with E-state index in [1.54, 1.807) is 91.1 Å². The summed E-state index contributed by atoms with van der Waals surface area (Å²) in [7, 11) is -4.67. The first-order valence-corrected chi connectivity index (χ1v) is 32.0. The third kappa shape index (κ3) is 14.1. The Balaban J connectivity index is 1.20. The minimum atomic E-state index is -2.40. The van der Waals surface area contributed by atoms with Gasteiger partial charge in [-0.05, 0) is 84.8 Å². The van der Waals surface area contributed by atoms with Crippen molar-refractivity contribution >= 4 is 40.5 Å². The smallest absolute Gasteiger partial charge is 0.351 e. The second kappa shape index (κ2) is 24.6. The van der Waals surface area contributed by atoms with Gasteiger partial charge in [0.15, 0.2) is 47.1 Å². The molecule has 0 spiro atoms. The van der Waals surface area contributed by atoms with E-state index in [2.05, 4.69) is 82.8 Å². The molecule has 8 atom stereocenters. The Morgan fingerprint density at radius 1 is 0.620 bits per heavy atom. The van der Waals surface area contributed by atoms with E-state index in [0.717, 1.165) is 0 Å². The van der Waals surface area contributed by atoms with Crippen LogP contribution in [0.1, 0.15) is 101 Å². The standard InChI is InChI=1S/C58H69N5O14Si2/c1-57(2,3)78(7,8)71-35-44-43(77-79(9,10)58(4,5)6)31-46(72-44)62-32-42(50(61-56(62)68)63-37-59-36-60-63)33-70-55-49(76-54(67)41-29-21-14-22-30-41)48(75-53(66)40-27-19-13-20-28-40)47(74-52(65)39-25-17-12-18-26-39)45(73-55)34-69-51(64)38-23-15-11-16-24-38/h11-30,32,36-37,43-49,55H,31,33-35H2,1-10H3/t43-,44+,45+,46+,47+,48-,49+,55+/m0/s1. The molecule has 0 N–H and O–H groups in total. The zero-order chi connectivity index (χ0) is 56.7. The van der Waals surface area contributed by atoms with E-state index in [0.29, 0.717) is 0 Å². The Morgan fingerprint density at radius 2 is 1.11 bits per heavy atom. The molecular weight excluding hydrogens is 1050 g/mol. The minimum absolute atomic E-state index is 0.0346. The van der Waals surface area contributed by atoms with Gasteiger partial charge >= 0.3 is 29.6 Å². The van der Waals surface area contributed by atoms with Gasteiger partial charge < -0.3 is 42.0 Å². The van der Waals surface area contributed by atoms with Gasteiger partial charge in [0.1, 0.15) is 37.7 Å². The predicted molar refractivity (Wildman–Crippen MR) is 294 cm³/mol. The highest BCUT2D eigenvalue weighted by Crippen LogP contribution is 2.43. The van der Waals surface area contributed by atoms with E-state index < -0.39 is 109 Å². The molecule has 0 aliphatic carbocycles. The van der Waals surface area contributed by atoms with E-state index in [9.17, 15) is 24.0 Å². The molecule has 0 unspecified atom stereocenters. The molecule has 2 fully saturated rings. The van der Waals surface area contributed by atoms with Crippen LogP contribution in [0.15, 0.2) is 145 Å².